The van der Waals surface area contributed by atoms with Crippen molar-refractivity contribution >= 4 is 37.6 Å². The van der Waals surface area contributed by atoms with Crippen LogP contribution >= 0.6 is 27.5 Å². The topological polar surface area (TPSA) is 46.6 Å². The third-order valence-corrected chi connectivity index (χ3v) is 4.42. The molecule has 1 aromatic carbocycles. The SMILES string of the molecule is CON(C)S(=O)(=O)c1ccc(Br)cc1Cl. The summed E-state index contributed by atoms with van der Waals surface area (Å²) in [6.45, 7) is 0. The van der Waals surface area contributed by atoms with Crippen LogP contribution in [-0.2, 0) is 14.9 Å². The molecule has 0 aliphatic rings. The van der Waals surface area contributed by atoms with Crippen molar-refractivity contribution in [2.75, 3.05) is 14.2 Å². The summed E-state index contributed by atoms with van der Waals surface area (Å²) in [6.07, 6.45) is 0. The molecule has 0 unspecified atom stereocenters. The van der Waals surface area contributed by atoms with Crippen LogP contribution in [0.15, 0.2) is 27.6 Å². The Labute approximate surface area is 102 Å². The molecule has 0 bridgehead atoms. The van der Waals surface area contributed by atoms with Crippen LogP contribution in [0.2, 0.25) is 5.02 Å². The highest BCUT2D eigenvalue weighted by molar-refractivity contribution is 9.10. The first-order valence-electron chi connectivity index (χ1n) is 3.87. The Kier molecular flexibility index (Phi) is 4.13. The van der Waals surface area contributed by atoms with Crippen LogP contribution in [0.3, 0.4) is 0 Å². The van der Waals surface area contributed by atoms with E-state index in [0.29, 0.717) is 4.47 Å². The number of rotatable bonds is 3. The zero-order valence-electron chi connectivity index (χ0n) is 8.07. The minimum Gasteiger partial charge on any atom is -0.288 e. The van der Waals surface area contributed by atoms with Crippen molar-refractivity contribution in [3.8, 4) is 0 Å². The van der Waals surface area contributed by atoms with E-state index in [4.69, 9.17) is 11.6 Å². The fraction of sp³-hybridized carbons (Fsp3) is 0.250. The molecular formula is C8H9BrClNO3S. The predicted octanol–water partition coefficient (Wildman–Crippen LogP) is 2.28. The molecule has 0 saturated carbocycles. The molecule has 0 spiro atoms. The van der Waals surface area contributed by atoms with Gasteiger partial charge in [0.2, 0.25) is 0 Å². The van der Waals surface area contributed by atoms with Crippen molar-refractivity contribution in [1.82, 2.24) is 4.47 Å². The van der Waals surface area contributed by atoms with E-state index in [1.165, 1.54) is 26.3 Å². The quantitative estimate of drug-likeness (QED) is 0.804. The van der Waals surface area contributed by atoms with Crippen molar-refractivity contribution in [3.63, 3.8) is 0 Å². The average Bonchev–Trinajstić information content (AvgIpc) is 2.15. The van der Waals surface area contributed by atoms with Gasteiger partial charge in [-0.25, -0.2) is 8.42 Å². The summed E-state index contributed by atoms with van der Waals surface area (Å²) < 4.78 is 25.1. The third kappa shape index (κ3) is 2.70. The highest BCUT2D eigenvalue weighted by Gasteiger charge is 2.23. The molecule has 0 radical (unpaired) electrons. The average molecular weight is 315 g/mol. The van der Waals surface area contributed by atoms with Crippen LogP contribution in [0.1, 0.15) is 0 Å². The largest absolute Gasteiger partial charge is 0.288 e. The molecule has 15 heavy (non-hydrogen) atoms. The van der Waals surface area contributed by atoms with Gasteiger partial charge in [-0.05, 0) is 18.2 Å². The first-order valence-corrected chi connectivity index (χ1v) is 6.49. The smallest absolute Gasteiger partial charge is 0.266 e. The summed E-state index contributed by atoms with van der Waals surface area (Å²) in [7, 11) is -1.11. The summed E-state index contributed by atoms with van der Waals surface area (Å²) >= 11 is 9.02. The highest BCUT2D eigenvalue weighted by Crippen LogP contribution is 2.27. The molecule has 0 N–H and O–H groups in total. The summed E-state index contributed by atoms with van der Waals surface area (Å²) in [6, 6.07) is 4.53. The second-order valence-electron chi connectivity index (χ2n) is 2.67. The predicted molar refractivity (Wildman–Crippen MR) is 61.1 cm³/mol. The van der Waals surface area contributed by atoms with Gasteiger partial charge in [0, 0.05) is 11.5 Å². The van der Waals surface area contributed by atoms with E-state index >= 15 is 0 Å². The van der Waals surface area contributed by atoms with E-state index in [-0.39, 0.29) is 9.92 Å². The van der Waals surface area contributed by atoms with Crippen LogP contribution in [0.5, 0.6) is 0 Å². The molecule has 84 valence electrons. The Morgan fingerprint density at radius 3 is 2.53 bits per heavy atom. The summed E-state index contributed by atoms with van der Waals surface area (Å²) in [5.41, 5.74) is 0. The van der Waals surface area contributed by atoms with E-state index in [2.05, 4.69) is 20.8 Å². The van der Waals surface area contributed by atoms with E-state index in [1.54, 1.807) is 6.07 Å². The van der Waals surface area contributed by atoms with Crippen LogP contribution in [0.4, 0.5) is 0 Å². The van der Waals surface area contributed by atoms with Gasteiger partial charge in [-0.3, -0.25) is 4.84 Å². The van der Waals surface area contributed by atoms with Crippen molar-refractivity contribution in [3.05, 3.63) is 27.7 Å². The van der Waals surface area contributed by atoms with E-state index < -0.39 is 10.0 Å². The second kappa shape index (κ2) is 4.80. The molecule has 0 aliphatic carbocycles. The minimum atomic E-state index is -3.68. The summed E-state index contributed by atoms with van der Waals surface area (Å²) in [5, 5.41) is 0.147. The first-order chi connectivity index (χ1) is 6.89. The number of hydrogen-bond donors (Lipinski definition) is 0. The second-order valence-corrected chi connectivity index (χ2v) is 5.90. The number of hydrogen-bond acceptors (Lipinski definition) is 3. The first kappa shape index (κ1) is 12.9. The Balaban J connectivity index is 3.28. The molecule has 1 rings (SSSR count). The van der Waals surface area contributed by atoms with Crippen molar-refractivity contribution in [2.24, 2.45) is 0 Å². The van der Waals surface area contributed by atoms with Crippen molar-refractivity contribution < 1.29 is 13.3 Å². The van der Waals surface area contributed by atoms with Gasteiger partial charge in [0.15, 0.2) is 0 Å². The van der Waals surface area contributed by atoms with Gasteiger partial charge in [-0.1, -0.05) is 32.0 Å². The maximum Gasteiger partial charge on any atom is 0.266 e. The molecule has 4 nitrogen and oxygen atoms in total. The van der Waals surface area contributed by atoms with Gasteiger partial charge in [0.25, 0.3) is 10.0 Å². The fourth-order valence-corrected chi connectivity index (χ4v) is 2.91. The van der Waals surface area contributed by atoms with Crippen LogP contribution in [0.25, 0.3) is 0 Å². The lowest BCUT2D eigenvalue weighted by molar-refractivity contribution is -0.0258. The van der Waals surface area contributed by atoms with E-state index in [9.17, 15) is 8.42 Å². The van der Waals surface area contributed by atoms with Crippen molar-refractivity contribution in [2.45, 2.75) is 4.90 Å². The lowest BCUT2D eigenvalue weighted by Gasteiger charge is -2.14. The summed E-state index contributed by atoms with van der Waals surface area (Å²) in [4.78, 5) is 4.64. The zero-order chi connectivity index (χ0) is 11.6. The standard InChI is InChI=1S/C8H9BrClNO3S/c1-11(14-2)15(12,13)8-4-3-6(9)5-7(8)10/h3-5H,1-2H3. The number of nitrogens with zero attached hydrogens (tertiary/aromatic N) is 1. The van der Waals surface area contributed by atoms with Gasteiger partial charge >= 0.3 is 0 Å². The lowest BCUT2D eigenvalue weighted by Crippen LogP contribution is -2.25. The Morgan fingerprint density at radius 2 is 2.07 bits per heavy atom. The zero-order valence-corrected chi connectivity index (χ0v) is 11.2. The highest BCUT2D eigenvalue weighted by atomic mass is 79.9. The number of benzene rings is 1. The molecular weight excluding hydrogens is 306 g/mol. The van der Waals surface area contributed by atoms with E-state index in [1.807, 2.05) is 0 Å². The Bertz CT molecular complexity index is 463. The normalized spacial score (nSPS) is 12.1. The summed E-state index contributed by atoms with van der Waals surface area (Å²) in [5.74, 6) is 0. The van der Waals surface area contributed by atoms with Crippen LogP contribution in [-0.4, -0.2) is 27.0 Å². The molecule has 0 amide bonds. The van der Waals surface area contributed by atoms with Gasteiger partial charge in [-0.15, -0.1) is 0 Å². The molecule has 0 saturated heterocycles. The minimum absolute atomic E-state index is 0.0108. The molecule has 0 aliphatic heterocycles. The maximum absolute atomic E-state index is 11.8. The third-order valence-electron chi connectivity index (χ3n) is 1.77. The Morgan fingerprint density at radius 1 is 1.47 bits per heavy atom. The fourth-order valence-electron chi connectivity index (χ4n) is 0.921. The Hall–Kier alpha value is -0.140. The molecule has 0 fully saturated rings. The van der Waals surface area contributed by atoms with Crippen molar-refractivity contribution in [1.29, 1.82) is 0 Å². The number of hydroxylamine groups is 1. The molecule has 0 aromatic heterocycles. The molecule has 0 atom stereocenters. The van der Waals surface area contributed by atoms with Gasteiger partial charge in [0.05, 0.1) is 12.1 Å². The molecule has 1 aromatic rings. The molecule has 7 heteroatoms. The lowest BCUT2D eigenvalue weighted by atomic mass is 10.4. The number of sulfonamides is 1. The van der Waals surface area contributed by atoms with Gasteiger partial charge < -0.3 is 0 Å². The van der Waals surface area contributed by atoms with E-state index in [0.717, 1.165) is 4.47 Å². The monoisotopic (exact) mass is 313 g/mol. The van der Waals surface area contributed by atoms with Crippen LogP contribution < -0.4 is 0 Å². The molecule has 0 heterocycles. The maximum atomic E-state index is 11.8. The van der Waals surface area contributed by atoms with Crippen LogP contribution in [0, 0.1) is 0 Å². The van der Waals surface area contributed by atoms with Gasteiger partial charge in [-0.2, -0.15) is 0 Å². The van der Waals surface area contributed by atoms with Gasteiger partial charge in [0.1, 0.15) is 4.90 Å². The number of halogens is 2.